The number of hydrogen-bond acceptors (Lipinski definition) is 2. The molecule has 0 fully saturated rings. The van der Waals surface area contributed by atoms with Gasteiger partial charge < -0.3 is 5.32 Å². The third kappa shape index (κ3) is 3.14. The molecule has 124 valence electrons. The van der Waals surface area contributed by atoms with E-state index in [9.17, 15) is 18.0 Å². The number of imidazole rings is 1. The molecule has 1 N–H and O–H groups in total. The number of alkyl halides is 3. The zero-order valence-electron chi connectivity index (χ0n) is 12.4. The molecule has 2 aromatic heterocycles. The molecule has 0 bridgehead atoms. The zero-order chi connectivity index (χ0) is 17.5. The summed E-state index contributed by atoms with van der Waals surface area (Å²) >= 11 is 3.31. The fraction of sp³-hybridized carbons (Fsp3) is 0.125. The molecule has 0 aliphatic carbocycles. The molecule has 0 unspecified atom stereocenters. The summed E-state index contributed by atoms with van der Waals surface area (Å²) in [4.78, 5) is 16.5. The average Bonchev–Trinajstić information content (AvgIpc) is 2.91. The first kappa shape index (κ1) is 16.5. The predicted molar refractivity (Wildman–Crippen MR) is 87.0 cm³/mol. The van der Waals surface area contributed by atoms with Crippen LogP contribution in [0.1, 0.15) is 21.6 Å². The summed E-state index contributed by atoms with van der Waals surface area (Å²) in [5, 5.41) is 2.52. The predicted octanol–water partition coefficient (Wildman–Crippen LogP) is 4.68. The summed E-state index contributed by atoms with van der Waals surface area (Å²) < 4.78 is 40.8. The van der Waals surface area contributed by atoms with Crippen molar-refractivity contribution in [1.29, 1.82) is 0 Å². The molecule has 0 saturated heterocycles. The maximum atomic E-state index is 12.8. The minimum Gasteiger partial charge on any atom is -0.320 e. The molecule has 0 radical (unpaired) electrons. The number of aromatic nitrogens is 2. The van der Waals surface area contributed by atoms with Gasteiger partial charge in [-0.15, -0.1) is 0 Å². The van der Waals surface area contributed by atoms with Gasteiger partial charge in [0.2, 0.25) is 0 Å². The van der Waals surface area contributed by atoms with Gasteiger partial charge in [-0.05, 0) is 36.8 Å². The lowest BCUT2D eigenvalue weighted by Gasteiger charge is -2.12. The molecule has 24 heavy (non-hydrogen) atoms. The Morgan fingerprint density at radius 3 is 2.71 bits per heavy atom. The third-order valence-corrected chi connectivity index (χ3v) is 4.01. The van der Waals surface area contributed by atoms with Gasteiger partial charge in [-0.2, -0.15) is 13.2 Å². The Labute approximate surface area is 143 Å². The van der Waals surface area contributed by atoms with Gasteiger partial charge in [-0.3, -0.25) is 9.20 Å². The van der Waals surface area contributed by atoms with Gasteiger partial charge >= 0.3 is 6.18 Å². The lowest BCUT2D eigenvalue weighted by Crippen LogP contribution is -2.16. The highest BCUT2D eigenvalue weighted by Crippen LogP contribution is 2.32. The van der Waals surface area contributed by atoms with Crippen LogP contribution in [0.4, 0.5) is 18.9 Å². The molecule has 0 spiro atoms. The minimum absolute atomic E-state index is 0.113. The normalized spacial score (nSPS) is 11.7. The maximum absolute atomic E-state index is 12.8. The number of nitrogens with one attached hydrogen (secondary N) is 1. The van der Waals surface area contributed by atoms with E-state index in [0.717, 1.165) is 16.6 Å². The standard InChI is InChI=1S/C16H11BrF3N3O/c1-9-2-3-10(16(18,19)20)6-12(9)22-15(24)13-8-21-14-7-11(17)4-5-23(13)14/h2-8H,1H3,(H,22,24). The van der Waals surface area contributed by atoms with E-state index in [1.807, 2.05) is 0 Å². The number of fused-ring (bicyclic) bond motifs is 1. The van der Waals surface area contributed by atoms with E-state index in [2.05, 4.69) is 26.2 Å². The second kappa shape index (κ2) is 5.94. The lowest BCUT2D eigenvalue weighted by molar-refractivity contribution is -0.137. The monoisotopic (exact) mass is 397 g/mol. The SMILES string of the molecule is Cc1ccc(C(F)(F)F)cc1NC(=O)c1cnc2cc(Br)ccn12. The largest absolute Gasteiger partial charge is 0.416 e. The van der Waals surface area contributed by atoms with E-state index in [4.69, 9.17) is 0 Å². The van der Waals surface area contributed by atoms with E-state index in [1.165, 1.54) is 12.3 Å². The van der Waals surface area contributed by atoms with Crippen LogP contribution in [-0.4, -0.2) is 15.3 Å². The molecule has 0 aliphatic heterocycles. The number of amides is 1. The number of carbonyl (C=O) groups excluding carboxylic acids is 1. The van der Waals surface area contributed by atoms with E-state index < -0.39 is 17.6 Å². The van der Waals surface area contributed by atoms with Crippen molar-refractivity contribution in [2.45, 2.75) is 13.1 Å². The maximum Gasteiger partial charge on any atom is 0.416 e. The van der Waals surface area contributed by atoms with Gasteiger partial charge in [0.25, 0.3) is 5.91 Å². The Morgan fingerprint density at radius 2 is 2.00 bits per heavy atom. The highest BCUT2D eigenvalue weighted by atomic mass is 79.9. The molecule has 0 atom stereocenters. The molecule has 0 saturated carbocycles. The van der Waals surface area contributed by atoms with Crippen LogP contribution in [-0.2, 0) is 6.18 Å². The smallest absolute Gasteiger partial charge is 0.320 e. The molecular weight excluding hydrogens is 387 g/mol. The van der Waals surface area contributed by atoms with Gasteiger partial charge in [0, 0.05) is 16.4 Å². The second-order valence-electron chi connectivity index (χ2n) is 5.20. The van der Waals surface area contributed by atoms with Crippen LogP contribution in [0.5, 0.6) is 0 Å². The summed E-state index contributed by atoms with van der Waals surface area (Å²) in [5.41, 5.74) is 0.616. The van der Waals surface area contributed by atoms with Crippen LogP contribution in [0.2, 0.25) is 0 Å². The van der Waals surface area contributed by atoms with Crippen molar-refractivity contribution in [1.82, 2.24) is 9.38 Å². The molecular formula is C16H11BrF3N3O. The molecule has 1 aromatic carbocycles. The summed E-state index contributed by atoms with van der Waals surface area (Å²) in [6, 6.07) is 6.70. The molecule has 0 aliphatic rings. The Bertz CT molecular complexity index is 934. The summed E-state index contributed by atoms with van der Waals surface area (Å²) in [7, 11) is 0. The minimum atomic E-state index is -4.47. The number of nitrogens with zero attached hydrogens (tertiary/aromatic N) is 2. The van der Waals surface area contributed by atoms with E-state index in [-0.39, 0.29) is 11.4 Å². The fourth-order valence-electron chi connectivity index (χ4n) is 2.24. The van der Waals surface area contributed by atoms with Crippen molar-refractivity contribution >= 4 is 33.2 Å². The molecule has 3 rings (SSSR count). The first-order valence-electron chi connectivity index (χ1n) is 6.87. The first-order chi connectivity index (χ1) is 11.3. The number of carbonyl (C=O) groups is 1. The quantitative estimate of drug-likeness (QED) is 0.682. The summed E-state index contributed by atoms with van der Waals surface area (Å²) in [6.07, 6.45) is -1.44. The van der Waals surface area contributed by atoms with Crippen molar-refractivity contribution in [3.05, 3.63) is 64.0 Å². The van der Waals surface area contributed by atoms with Gasteiger partial charge in [-0.25, -0.2) is 4.98 Å². The van der Waals surface area contributed by atoms with Crippen molar-refractivity contribution in [3.8, 4) is 0 Å². The molecule has 2 heterocycles. The Balaban J connectivity index is 1.94. The number of aryl methyl sites for hydroxylation is 1. The molecule has 1 amide bonds. The van der Waals surface area contributed by atoms with E-state index >= 15 is 0 Å². The van der Waals surface area contributed by atoms with Crippen molar-refractivity contribution in [2.24, 2.45) is 0 Å². The van der Waals surface area contributed by atoms with Gasteiger partial charge in [0.15, 0.2) is 0 Å². The average molecular weight is 398 g/mol. The number of benzene rings is 1. The van der Waals surface area contributed by atoms with Crippen molar-refractivity contribution < 1.29 is 18.0 Å². The topological polar surface area (TPSA) is 46.4 Å². The van der Waals surface area contributed by atoms with E-state index in [1.54, 1.807) is 29.7 Å². The first-order valence-corrected chi connectivity index (χ1v) is 7.67. The number of rotatable bonds is 2. The summed E-state index contributed by atoms with van der Waals surface area (Å²) in [5.74, 6) is -0.535. The van der Waals surface area contributed by atoms with Gasteiger partial charge in [-0.1, -0.05) is 22.0 Å². The Morgan fingerprint density at radius 1 is 1.25 bits per heavy atom. The van der Waals surface area contributed by atoms with Gasteiger partial charge in [0.1, 0.15) is 11.3 Å². The van der Waals surface area contributed by atoms with Crippen LogP contribution in [0.25, 0.3) is 5.65 Å². The number of anilines is 1. The second-order valence-corrected chi connectivity index (χ2v) is 6.11. The highest BCUT2D eigenvalue weighted by Gasteiger charge is 2.31. The Hall–Kier alpha value is -2.35. The molecule has 4 nitrogen and oxygen atoms in total. The molecule has 3 aromatic rings. The molecule has 8 heteroatoms. The zero-order valence-corrected chi connectivity index (χ0v) is 13.9. The van der Waals surface area contributed by atoms with E-state index in [0.29, 0.717) is 11.2 Å². The number of hydrogen-bond donors (Lipinski definition) is 1. The van der Waals surface area contributed by atoms with Crippen molar-refractivity contribution in [3.63, 3.8) is 0 Å². The van der Waals surface area contributed by atoms with Crippen molar-refractivity contribution in [2.75, 3.05) is 5.32 Å². The third-order valence-electron chi connectivity index (χ3n) is 3.52. The number of pyridine rings is 1. The Kier molecular flexibility index (Phi) is 4.08. The van der Waals surface area contributed by atoms with Crippen LogP contribution in [0.3, 0.4) is 0 Å². The van der Waals surface area contributed by atoms with Crippen LogP contribution < -0.4 is 5.32 Å². The van der Waals surface area contributed by atoms with Gasteiger partial charge in [0.05, 0.1) is 11.8 Å². The van der Waals surface area contributed by atoms with Crippen LogP contribution in [0, 0.1) is 6.92 Å². The highest BCUT2D eigenvalue weighted by molar-refractivity contribution is 9.10. The fourth-order valence-corrected chi connectivity index (χ4v) is 2.57. The number of halogens is 4. The lowest BCUT2D eigenvalue weighted by atomic mass is 10.1. The summed E-state index contributed by atoms with van der Waals surface area (Å²) in [6.45, 7) is 1.63. The van der Waals surface area contributed by atoms with Crippen LogP contribution >= 0.6 is 15.9 Å². The van der Waals surface area contributed by atoms with Crippen LogP contribution in [0.15, 0.2) is 47.2 Å².